The maximum absolute atomic E-state index is 10.9. The number of carbonyl (C=O) groups excluding carboxylic acids is 1. The Morgan fingerprint density at radius 2 is 2.62 bits per heavy atom. The number of ether oxygens (including phenoxy) is 1. The zero-order chi connectivity index (χ0) is 9.68. The summed E-state index contributed by atoms with van der Waals surface area (Å²) < 4.78 is 4.69. The summed E-state index contributed by atoms with van der Waals surface area (Å²) in [6, 6.07) is 0. The lowest BCUT2D eigenvalue weighted by molar-refractivity contribution is -0.126. The Kier molecular flexibility index (Phi) is 3.21. The van der Waals surface area contributed by atoms with Crippen LogP contribution in [0.15, 0.2) is 10.5 Å². The van der Waals surface area contributed by atoms with Crippen LogP contribution in [0.1, 0.15) is 0 Å². The van der Waals surface area contributed by atoms with Crippen molar-refractivity contribution in [1.82, 2.24) is 4.98 Å². The molecule has 0 unspecified atom stereocenters. The number of esters is 1. The van der Waals surface area contributed by atoms with E-state index in [2.05, 4.69) is 19.7 Å². The number of aromatic nitrogens is 1. The number of nitrogens with zero attached hydrogens (tertiary/aromatic N) is 2. The molecule has 0 spiro atoms. The highest BCUT2D eigenvalue weighted by molar-refractivity contribution is 7.13. The second-order valence-corrected chi connectivity index (χ2v) is 2.75. The number of thiazole rings is 1. The smallest absolute Gasteiger partial charge is 0.359 e. The first-order valence-electron chi connectivity index (χ1n) is 3.21. The number of nitrogens with two attached hydrogens (primary N) is 1. The van der Waals surface area contributed by atoms with Crippen molar-refractivity contribution in [3.8, 4) is 5.88 Å². The number of oxime groups is 1. The van der Waals surface area contributed by atoms with Crippen LogP contribution in [0, 0.1) is 0 Å². The lowest BCUT2D eigenvalue weighted by Crippen LogP contribution is -2.09. The van der Waals surface area contributed by atoms with E-state index in [1.54, 1.807) is 0 Å². The molecule has 0 fully saturated rings. The summed E-state index contributed by atoms with van der Waals surface area (Å²) in [5.41, 5.74) is 5.31. The van der Waals surface area contributed by atoms with Crippen LogP contribution in [-0.4, -0.2) is 24.3 Å². The number of carbonyl (C=O) groups is 1. The van der Waals surface area contributed by atoms with Crippen LogP contribution in [0.25, 0.3) is 0 Å². The van der Waals surface area contributed by atoms with Gasteiger partial charge in [0.2, 0.25) is 5.88 Å². The second-order valence-electron chi connectivity index (χ2n) is 1.86. The molecule has 0 saturated heterocycles. The molecule has 0 bridgehead atoms. The summed E-state index contributed by atoms with van der Waals surface area (Å²) in [5, 5.41) is 5.08. The highest BCUT2D eigenvalue weighted by Gasteiger charge is 2.04. The van der Waals surface area contributed by atoms with Gasteiger partial charge in [-0.05, 0) is 0 Å². The standard InChI is InChI=1S/C6H7N3O3S/c1-11-8-2-5(10)12-4-3-13-6(7)9-4/h2-3H,1H3,(H2,7,9)/b8-2-. The topological polar surface area (TPSA) is 86.8 Å². The van der Waals surface area contributed by atoms with E-state index in [1.807, 2.05) is 0 Å². The predicted molar refractivity (Wildman–Crippen MR) is 47.7 cm³/mol. The van der Waals surface area contributed by atoms with Crippen molar-refractivity contribution >= 4 is 28.7 Å². The minimum Gasteiger partial charge on any atom is -0.402 e. The predicted octanol–water partition coefficient (Wildman–Crippen LogP) is 0.263. The van der Waals surface area contributed by atoms with Crippen molar-refractivity contribution in [3.05, 3.63) is 5.38 Å². The zero-order valence-electron chi connectivity index (χ0n) is 6.76. The third-order valence-electron chi connectivity index (χ3n) is 0.970. The van der Waals surface area contributed by atoms with Gasteiger partial charge in [0.25, 0.3) is 0 Å². The van der Waals surface area contributed by atoms with E-state index in [1.165, 1.54) is 23.8 Å². The normalized spacial score (nSPS) is 10.2. The van der Waals surface area contributed by atoms with Gasteiger partial charge in [-0.2, -0.15) is 4.98 Å². The van der Waals surface area contributed by atoms with Crippen LogP contribution in [0.4, 0.5) is 5.13 Å². The van der Waals surface area contributed by atoms with E-state index < -0.39 is 5.97 Å². The van der Waals surface area contributed by atoms with E-state index >= 15 is 0 Å². The Hall–Kier alpha value is -1.63. The number of anilines is 1. The minimum atomic E-state index is -0.660. The molecule has 0 aliphatic rings. The summed E-state index contributed by atoms with van der Waals surface area (Å²) in [6.07, 6.45) is 0.898. The Morgan fingerprint density at radius 1 is 1.85 bits per heavy atom. The van der Waals surface area contributed by atoms with E-state index in [0.29, 0.717) is 5.13 Å². The summed E-state index contributed by atoms with van der Waals surface area (Å²) in [5.74, 6) is -0.498. The third kappa shape index (κ3) is 3.08. The van der Waals surface area contributed by atoms with Crippen molar-refractivity contribution in [1.29, 1.82) is 0 Å². The van der Waals surface area contributed by atoms with Gasteiger partial charge in [0.15, 0.2) is 11.3 Å². The second kappa shape index (κ2) is 4.41. The molecule has 70 valence electrons. The number of hydrogen-bond donors (Lipinski definition) is 1. The SMILES string of the molecule is CO/N=C\C(=O)Oc1csc(N)n1. The molecule has 0 aliphatic heterocycles. The van der Waals surface area contributed by atoms with E-state index in [9.17, 15) is 4.79 Å². The number of nitrogen functional groups attached to an aromatic ring is 1. The average Bonchev–Trinajstić information content (AvgIpc) is 2.48. The third-order valence-corrected chi connectivity index (χ3v) is 1.62. The molecule has 6 nitrogen and oxygen atoms in total. The van der Waals surface area contributed by atoms with Crippen molar-refractivity contribution in [2.75, 3.05) is 12.8 Å². The highest BCUT2D eigenvalue weighted by Crippen LogP contribution is 2.17. The van der Waals surface area contributed by atoms with Gasteiger partial charge >= 0.3 is 5.97 Å². The molecule has 0 saturated carbocycles. The lowest BCUT2D eigenvalue weighted by atomic mass is 10.7. The molecular weight excluding hydrogens is 194 g/mol. The lowest BCUT2D eigenvalue weighted by Gasteiger charge is -1.92. The van der Waals surface area contributed by atoms with Crippen molar-refractivity contribution in [2.24, 2.45) is 5.16 Å². The fourth-order valence-electron chi connectivity index (χ4n) is 0.544. The van der Waals surface area contributed by atoms with Crippen LogP contribution in [0.2, 0.25) is 0 Å². The Balaban J connectivity index is 2.50. The summed E-state index contributed by atoms with van der Waals surface area (Å²) in [7, 11) is 1.32. The summed E-state index contributed by atoms with van der Waals surface area (Å²) in [4.78, 5) is 18.8. The fourth-order valence-corrected chi connectivity index (χ4v) is 1.01. The number of rotatable bonds is 3. The van der Waals surface area contributed by atoms with Crippen molar-refractivity contribution < 1.29 is 14.4 Å². The maximum Gasteiger partial charge on any atom is 0.359 e. The maximum atomic E-state index is 10.9. The van der Waals surface area contributed by atoms with Gasteiger partial charge in [-0.1, -0.05) is 5.16 Å². The van der Waals surface area contributed by atoms with Gasteiger partial charge in [0, 0.05) is 0 Å². The molecular formula is C6H7N3O3S. The van der Waals surface area contributed by atoms with Gasteiger partial charge in [0.1, 0.15) is 7.11 Å². The van der Waals surface area contributed by atoms with Crippen molar-refractivity contribution in [2.45, 2.75) is 0 Å². The van der Waals surface area contributed by atoms with Gasteiger partial charge in [-0.25, -0.2) is 4.79 Å². The van der Waals surface area contributed by atoms with E-state index in [-0.39, 0.29) is 5.88 Å². The first-order valence-corrected chi connectivity index (χ1v) is 4.09. The van der Waals surface area contributed by atoms with E-state index in [0.717, 1.165) is 6.21 Å². The van der Waals surface area contributed by atoms with E-state index in [4.69, 9.17) is 5.73 Å². The molecule has 2 N–H and O–H groups in total. The van der Waals surface area contributed by atoms with Crippen LogP contribution in [0.3, 0.4) is 0 Å². The number of hydrogen-bond acceptors (Lipinski definition) is 7. The molecule has 13 heavy (non-hydrogen) atoms. The van der Waals surface area contributed by atoms with Crippen LogP contribution in [0.5, 0.6) is 5.88 Å². The molecule has 1 aromatic rings. The van der Waals surface area contributed by atoms with Crippen LogP contribution >= 0.6 is 11.3 Å². The summed E-state index contributed by atoms with van der Waals surface area (Å²) >= 11 is 1.18. The van der Waals surface area contributed by atoms with Gasteiger partial charge in [-0.15, -0.1) is 11.3 Å². The Labute approximate surface area is 78.0 Å². The van der Waals surface area contributed by atoms with Crippen molar-refractivity contribution in [3.63, 3.8) is 0 Å². The first kappa shape index (κ1) is 9.46. The van der Waals surface area contributed by atoms with Crippen LogP contribution in [-0.2, 0) is 9.63 Å². The zero-order valence-corrected chi connectivity index (χ0v) is 7.58. The molecule has 0 aromatic carbocycles. The molecule has 0 aliphatic carbocycles. The van der Waals surface area contributed by atoms with Gasteiger partial charge in [-0.3, -0.25) is 0 Å². The Bertz CT molecular complexity index is 323. The van der Waals surface area contributed by atoms with Gasteiger partial charge < -0.3 is 15.3 Å². The fraction of sp³-hybridized carbons (Fsp3) is 0.167. The van der Waals surface area contributed by atoms with Crippen LogP contribution < -0.4 is 10.5 Å². The average molecular weight is 201 g/mol. The molecule has 0 amide bonds. The summed E-state index contributed by atoms with van der Waals surface area (Å²) in [6.45, 7) is 0. The molecule has 7 heteroatoms. The Morgan fingerprint density at radius 3 is 3.15 bits per heavy atom. The van der Waals surface area contributed by atoms with Gasteiger partial charge in [0.05, 0.1) is 5.38 Å². The molecule has 1 aromatic heterocycles. The molecule has 0 radical (unpaired) electrons. The highest BCUT2D eigenvalue weighted by atomic mass is 32.1. The molecule has 1 rings (SSSR count). The largest absolute Gasteiger partial charge is 0.402 e. The quantitative estimate of drug-likeness (QED) is 0.430. The minimum absolute atomic E-state index is 0.162. The molecule has 1 heterocycles. The molecule has 0 atom stereocenters. The monoisotopic (exact) mass is 201 g/mol. The first-order chi connectivity index (χ1) is 6.22.